The van der Waals surface area contributed by atoms with Gasteiger partial charge in [0.05, 0.1) is 0 Å². The number of para-hydroxylation sites is 1. The van der Waals surface area contributed by atoms with Gasteiger partial charge in [-0.3, -0.25) is 0 Å². The normalized spacial score (nSPS) is 9.92. The summed E-state index contributed by atoms with van der Waals surface area (Å²) in [7, 11) is 0. The zero-order valence-electron chi connectivity index (χ0n) is 6.74. The van der Waals surface area contributed by atoms with Crippen LogP contribution >= 0.6 is 27.3 Å². The third-order valence-corrected chi connectivity index (χ3v) is 3.19. The molecule has 66 valence electrons. The van der Waals surface area contributed by atoms with Crippen molar-refractivity contribution in [1.29, 1.82) is 0 Å². The molecule has 1 heterocycles. The van der Waals surface area contributed by atoms with Crippen LogP contribution in [-0.2, 0) is 0 Å². The van der Waals surface area contributed by atoms with Crippen molar-refractivity contribution in [2.24, 2.45) is 0 Å². The molecule has 0 fully saturated rings. The maximum Gasteiger partial charge on any atom is 0.152 e. The van der Waals surface area contributed by atoms with Crippen LogP contribution in [0.3, 0.4) is 0 Å². The fraction of sp³-hybridized carbons (Fsp3) is 0. The highest BCUT2D eigenvalue weighted by Gasteiger charge is 2.02. The minimum atomic E-state index is 0.863. The van der Waals surface area contributed by atoms with Crippen molar-refractivity contribution in [3.8, 4) is 11.5 Å². The predicted molar refractivity (Wildman–Crippen MR) is 58.5 cm³/mol. The second-order valence-electron chi connectivity index (χ2n) is 2.47. The second kappa shape index (κ2) is 3.94. The van der Waals surface area contributed by atoms with Gasteiger partial charge in [0.1, 0.15) is 9.54 Å². The van der Waals surface area contributed by atoms with Gasteiger partial charge in [0, 0.05) is 0 Å². The molecule has 1 aromatic heterocycles. The Balaban J connectivity index is 2.20. The lowest BCUT2D eigenvalue weighted by molar-refractivity contribution is 0.482. The van der Waals surface area contributed by atoms with Gasteiger partial charge in [-0.05, 0) is 39.5 Å². The van der Waals surface area contributed by atoms with E-state index in [2.05, 4.69) is 15.9 Å². The Morgan fingerprint density at radius 3 is 2.46 bits per heavy atom. The number of ether oxygens (including phenoxy) is 1. The summed E-state index contributed by atoms with van der Waals surface area (Å²) in [5.74, 6) is 1.73. The Kier molecular flexibility index (Phi) is 2.66. The van der Waals surface area contributed by atoms with Crippen LogP contribution in [-0.4, -0.2) is 0 Å². The summed E-state index contributed by atoms with van der Waals surface area (Å²) in [6.45, 7) is 0. The maximum absolute atomic E-state index is 5.61. The molecule has 0 saturated heterocycles. The first-order valence-corrected chi connectivity index (χ1v) is 5.49. The highest BCUT2D eigenvalue weighted by molar-refractivity contribution is 9.11. The van der Waals surface area contributed by atoms with E-state index in [0.717, 1.165) is 15.3 Å². The first kappa shape index (κ1) is 8.78. The number of halogens is 1. The Hall–Kier alpha value is -0.800. The third-order valence-electron chi connectivity index (χ3n) is 1.56. The SMILES string of the molecule is Brc1sccc1Oc1ccccc1. The van der Waals surface area contributed by atoms with Gasteiger partial charge in [-0.1, -0.05) is 18.2 Å². The van der Waals surface area contributed by atoms with E-state index < -0.39 is 0 Å². The fourth-order valence-electron chi connectivity index (χ4n) is 0.969. The molecule has 0 radical (unpaired) electrons. The molecule has 2 rings (SSSR count). The van der Waals surface area contributed by atoms with Crippen LogP contribution in [0.2, 0.25) is 0 Å². The van der Waals surface area contributed by atoms with Gasteiger partial charge < -0.3 is 4.74 Å². The van der Waals surface area contributed by atoms with Crippen molar-refractivity contribution < 1.29 is 4.74 Å². The predicted octanol–water partition coefficient (Wildman–Crippen LogP) is 4.30. The third kappa shape index (κ3) is 2.11. The van der Waals surface area contributed by atoms with E-state index in [-0.39, 0.29) is 0 Å². The monoisotopic (exact) mass is 254 g/mol. The number of hydrogen-bond acceptors (Lipinski definition) is 2. The molecule has 0 saturated carbocycles. The number of hydrogen-bond donors (Lipinski definition) is 0. The molecule has 0 unspecified atom stereocenters. The number of rotatable bonds is 2. The Morgan fingerprint density at radius 2 is 1.85 bits per heavy atom. The molecular formula is C10H7BrOS. The average Bonchev–Trinajstić information content (AvgIpc) is 2.54. The van der Waals surface area contributed by atoms with Crippen molar-refractivity contribution in [2.75, 3.05) is 0 Å². The second-order valence-corrected chi connectivity index (χ2v) is 4.71. The summed E-state index contributed by atoms with van der Waals surface area (Å²) in [5.41, 5.74) is 0. The van der Waals surface area contributed by atoms with Crippen LogP contribution in [0.5, 0.6) is 11.5 Å². The van der Waals surface area contributed by atoms with E-state index in [1.807, 2.05) is 41.8 Å². The van der Waals surface area contributed by atoms with Crippen molar-refractivity contribution in [3.63, 3.8) is 0 Å². The molecule has 0 bridgehead atoms. The molecule has 0 aliphatic rings. The van der Waals surface area contributed by atoms with Crippen LogP contribution in [0, 0.1) is 0 Å². The highest BCUT2D eigenvalue weighted by Crippen LogP contribution is 2.33. The van der Waals surface area contributed by atoms with E-state index >= 15 is 0 Å². The van der Waals surface area contributed by atoms with Gasteiger partial charge >= 0.3 is 0 Å². The van der Waals surface area contributed by atoms with Gasteiger partial charge in [-0.25, -0.2) is 0 Å². The Labute approximate surface area is 89.1 Å². The molecule has 0 amide bonds. The lowest BCUT2D eigenvalue weighted by atomic mass is 10.3. The minimum absolute atomic E-state index is 0.863. The van der Waals surface area contributed by atoms with Crippen molar-refractivity contribution >= 4 is 27.3 Å². The highest BCUT2D eigenvalue weighted by atomic mass is 79.9. The zero-order chi connectivity index (χ0) is 9.10. The van der Waals surface area contributed by atoms with E-state index in [0.29, 0.717) is 0 Å². The quantitative estimate of drug-likeness (QED) is 0.777. The van der Waals surface area contributed by atoms with Gasteiger partial charge in [0.25, 0.3) is 0 Å². The zero-order valence-corrected chi connectivity index (χ0v) is 9.14. The van der Waals surface area contributed by atoms with E-state index in [1.165, 1.54) is 0 Å². The molecule has 1 aromatic carbocycles. The molecule has 0 aliphatic heterocycles. The molecule has 2 aromatic rings. The average molecular weight is 255 g/mol. The van der Waals surface area contributed by atoms with Gasteiger partial charge in [-0.15, -0.1) is 11.3 Å². The van der Waals surface area contributed by atoms with Crippen molar-refractivity contribution in [2.45, 2.75) is 0 Å². The van der Waals surface area contributed by atoms with Gasteiger partial charge in [-0.2, -0.15) is 0 Å². The summed E-state index contributed by atoms with van der Waals surface area (Å²) in [5, 5.41) is 1.99. The molecule has 0 atom stereocenters. The van der Waals surface area contributed by atoms with E-state index in [1.54, 1.807) is 11.3 Å². The van der Waals surface area contributed by atoms with Crippen LogP contribution in [0.1, 0.15) is 0 Å². The molecule has 0 N–H and O–H groups in total. The first-order valence-electron chi connectivity index (χ1n) is 3.82. The van der Waals surface area contributed by atoms with Crippen molar-refractivity contribution in [1.82, 2.24) is 0 Å². The molecule has 13 heavy (non-hydrogen) atoms. The van der Waals surface area contributed by atoms with E-state index in [4.69, 9.17) is 4.74 Å². The van der Waals surface area contributed by atoms with Gasteiger partial charge in [0.2, 0.25) is 0 Å². The van der Waals surface area contributed by atoms with Crippen molar-refractivity contribution in [3.05, 3.63) is 45.6 Å². The van der Waals surface area contributed by atoms with Crippen LogP contribution in [0.4, 0.5) is 0 Å². The molecule has 3 heteroatoms. The first-order chi connectivity index (χ1) is 6.36. The number of benzene rings is 1. The maximum atomic E-state index is 5.61. The van der Waals surface area contributed by atoms with E-state index in [9.17, 15) is 0 Å². The molecule has 1 nitrogen and oxygen atoms in total. The minimum Gasteiger partial charge on any atom is -0.455 e. The standard InChI is InChI=1S/C10H7BrOS/c11-10-9(6-7-13-10)12-8-4-2-1-3-5-8/h1-7H. The summed E-state index contributed by atoms with van der Waals surface area (Å²) >= 11 is 5.03. The van der Waals surface area contributed by atoms with Crippen LogP contribution < -0.4 is 4.74 Å². The summed E-state index contributed by atoms with van der Waals surface area (Å²) in [4.78, 5) is 0. The topological polar surface area (TPSA) is 9.23 Å². The molecular weight excluding hydrogens is 248 g/mol. The largest absolute Gasteiger partial charge is 0.455 e. The lowest BCUT2D eigenvalue weighted by Crippen LogP contribution is -1.80. The summed E-state index contributed by atoms with van der Waals surface area (Å²) in [6.07, 6.45) is 0. The molecule has 0 aliphatic carbocycles. The lowest BCUT2D eigenvalue weighted by Gasteiger charge is -2.02. The van der Waals surface area contributed by atoms with Crippen LogP contribution in [0.25, 0.3) is 0 Å². The summed E-state index contributed by atoms with van der Waals surface area (Å²) < 4.78 is 6.64. The number of thiophene rings is 1. The van der Waals surface area contributed by atoms with Crippen LogP contribution in [0.15, 0.2) is 45.6 Å². The Morgan fingerprint density at radius 1 is 1.08 bits per heavy atom. The fourth-order valence-corrected chi connectivity index (χ4v) is 2.04. The smallest absolute Gasteiger partial charge is 0.152 e. The molecule has 0 spiro atoms. The Bertz CT molecular complexity index is 383. The van der Waals surface area contributed by atoms with Gasteiger partial charge in [0.15, 0.2) is 5.75 Å². The summed E-state index contributed by atoms with van der Waals surface area (Å²) in [6, 6.07) is 11.7.